The fourth-order valence-corrected chi connectivity index (χ4v) is 1.72. The molecule has 1 rings (SSSR count). The molecule has 3 heteroatoms. The van der Waals surface area contributed by atoms with E-state index in [-0.39, 0.29) is 6.04 Å². The number of hydrogen-bond acceptors (Lipinski definition) is 2. The van der Waals surface area contributed by atoms with Crippen molar-refractivity contribution in [1.82, 2.24) is 5.32 Å². The molecule has 0 aromatic heterocycles. The summed E-state index contributed by atoms with van der Waals surface area (Å²) in [5, 5.41) is 11.8. The van der Waals surface area contributed by atoms with Crippen molar-refractivity contribution in [2.75, 3.05) is 0 Å². The minimum atomic E-state index is -0.715. The van der Waals surface area contributed by atoms with E-state index >= 15 is 0 Å². The van der Waals surface area contributed by atoms with Crippen molar-refractivity contribution >= 4 is 5.97 Å². The quantitative estimate of drug-likeness (QED) is 0.624. The Kier molecular flexibility index (Phi) is 2.49. The summed E-state index contributed by atoms with van der Waals surface area (Å²) in [6, 6.07) is 0.0889. The van der Waals surface area contributed by atoms with Gasteiger partial charge in [-0.3, -0.25) is 4.79 Å². The number of nitrogens with one attached hydrogen (secondary N) is 1. The van der Waals surface area contributed by atoms with Crippen LogP contribution in [0.3, 0.4) is 0 Å². The maximum atomic E-state index is 10.5. The van der Waals surface area contributed by atoms with Gasteiger partial charge in [-0.15, -0.1) is 0 Å². The molecule has 0 aromatic carbocycles. The minimum Gasteiger partial charge on any atom is -0.480 e. The summed E-state index contributed by atoms with van der Waals surface area (Å²) in [6.07, 6.45) is 1.79. The molecule has 1 fully saturated rings. The third-order valence-electron chi connectivity index (χ3n) is 2.45. The summed E-state index contributed by atoms with van der Waals surface area (Å²) in [5.74, 6) is -0.214. The van der Waals surface area contributed by atoms with E-state index in [1.54, 1.807) is 0 Å². The molecule has 0 saturated carbocycles. The normalized spacial score (nSPS) is 37.5. The SMILES string of the molecule is CCC1NC(C(=O)O)CC1C. The van der Waals surface area contributed by atoms with Gasteiger partial charge < -0.3 is 10.4 Å². The molecule has 0 amide bonds. The predicted octanol–water partition coefficient (Wildman–Crippen LogP) is 0.848. The zero-order valence-corrected chi connectivity index (χ0v) is 7.00. The van der Waals surface area contributed by atoms with Gasteiger partial charge in [-0.2, -0.15) is 0 Å². The van der Waals surface area contributed by atoms with E-state index in [1.165, 1.54) is 0 Å². The van der Waals surface area contributed by atoms with Gasteiger partial charge in [0.2, 0.25) is 0 Å². The van der Waals surface area contributed by atoms with Crippen molar-refractivity contribution in [3.63, 3.8) is 0 Å². The summed E-state index contributed by atoms with van der Waals surface area (Å²) in [6.45, 7) is 4.18. The van der Waals surface area contributed by atoms with Crippen LogP contribution in [0.1, 0.15) is 26.7 Å². The highest BCUT2D eigenvalue weighted by atomic mass is 16.4. The highest BCUT2D eigenvalue weighted by Gasteiger charge is 2.33. The molecule has 1 heterocycles. The standard InChI is InChI=1S/C8H15NO2/c1-3-6-5(2)4-7(9-6)8(10)11/h5-7,9H,3-4H2,1-2H3,(H,10,11). The van der Waals surface area contributed by atoms with Gasteiger partial charge in [-0.25, -0.2) is 0 Å². The third kappa shape index (κ3) is 1.71. The molecule has 0 aromatic rings. The minimum absolute atomic E-state index is 0.310. The molecule has 0 radical (unpaired) electrons. The highest BCUT2D eigenvalue weighted by Crippen LogP contribution is 2.21. The van der Waals surface area contributed by atoms with Crippen LogP contribution in [0.25, 0.3) is 0 Å². The zero-order valence-electron chi connectivity index (χ0n) is 7.00. The second-order valence-corrected chi connectivity index (χ2v) is 3.29. The van der Waals surface area contributed by atoms with E-state index in [1.807, 2.05) is 0 Å². The predicted molar refractivity (Wildman–Crippen MR) is 42.4 cm³/mol. The van der Waals surface area contributed by atoms with Gasteiger partial charge >= 0.3 is 5.97 Å². The Morgan fingerprint density at radius 3 is 2.64 bits per heavy atom. The fourth-order valence-electron chi connectivity index (χ4n) is 1.72. The Bertz CT molecular complexity index is 158. The molecule has 0 aliphatic carbocycles. The molecule has 2 N–H and O–H groups in total. The third-order valence-corrected chi connectivity index (χ3v) is 2.45. The topological polar surface area (TPSA) is 49.3 Å². The first-order valence-electron chi connectivity index (χ1n) is 4.14. The molecular weight excluding hydrogens is 142 g/mol. The fraction of sp³-hybridized carbons (Fsp3) is 0.875. The molecule has 1 aliphatic rings. The number of hydrogen-bond donors (Lipinski definition) is 2. The summed E-state index contributed by atoms with van der Waals surface area (Å²) in [5.41, 5.74) is 0. The summed E-state index contributed by atoms with van der Waals surface area (Å²) in [4.78, 5) is 10.5. The van der Waals surface area contributed by atoms with Crippen molar-refractivity contribution in [2.45, 2.75) is 38.8 Å². The first-order chi connectivity index (χ1) is 5.15. The molecule has 1 aliphatic heterocycles. The lowest BCUT2D eigenvalue weighted by Crippen LogP contribution is -2.35. The highest BCUT2D eigenvalue weighted by molar-refractivity contribution is 5.73. The lowest BCUT2D eigenvalue weighted by Gasteiger charge is -2.11. The van der Waals surface area contributed by atoms with Crippen LogP contribution in [0.4, 0.5) is 0 Å². The molecular formula is C8H15NO2. The van der Waals surface area contributed by atoms with Crippen molar-refractivity contribution < 1.29 is 9.90 Å². The van der Waals surface area contributed by atoms with Crippen LogP contribution in [0.15, 0.2) is 0 Å². The maximum Gasteiger partial charge on any atom is 0.320 e. The van der Waals surface area contributed by atoms with Gasteiger partial charge in [-0.05, 0) is 18.8 Å². The molecule has 0 spiro atoms. The molecule has 3 atom stereocenters. The van der Waals surface area contributed by atoms with Gasteiger partial charge in [0.25, 0.3) is 0 Å². The van der Waals surface area contributed by atoms with Crippen LogP contribution in [0, 0.1) is 5.92 Å². The molecule has 11 heavy (non-hydrogen) atoms. The van der Waals surface area contributed by atoms with Gasteiger partial charge in [0, 0.05) is 6.04 Å². The average Bonchev–Trinajstić information content (AvgIpc) is 2.31. The number of rotatable bonds is 2. The van der Waals surface area contributed by atoms with Gasteiger partial charge in [0.15, 0.2) is 0 Å². The second-order valence-electron chi connectivity index (χ2n) is 3.29. The first-order valence-corrected chi connectivity index (χ1v) is 4.14. The van der Waals surface area contributed by atoms with Crippen molar-refractivity contribution in [1.29, 1.82) is 0 Å². The van der Waals surface area contributed by atoms with Crippen LogP contribution >= 0.6 is 0 Å². The molecule has 0 bridgehead atoms. The van der Waals surface area contributed by atoms with E-state index < -0.39 is 5.97 Å². The Morgan fingerprint density at radius 2 is 2.36 bits per heavy atom. The van der Waals surface area contributed by atoms with Gasteiger partial charge in [0.05, 0.1) is 0 Å². The number of carboxylic acid groups (broad SMARTS) is 1. The Balaban J connectivity index is 2.49. The van der Waals surface area contributed by atoms with E-state index in [0.29, 0.717) is 12.0 Å². The lowest BCUT2D eigenvalue weighted by molar-refractivity contribution is -0.139. The lowest BCUT2D eigenvalue weighted by atomic mass is 10.00. The summed E-state index contributed by atoms with van der Waals surface area (Å²) in [7, 11) is 0. The Labute approximate surface area is 66.8 Å². The van der Waals surface area contributed by atoms with Crippen LogP contribution in [0.2, 0.25) is 0 Å². The molecule has 3 nitrogen and oxygen atoms in total. The molecule has 3 unspecified atom stereocenters. The van der Waals surface area contributed by atoms with E-state index in [2.05, 4.69) is 19.2 Å². The zero-order chi connectivity index (χ0) is 8.43. The maximum absolute atomic E-state index is 10.5. The number of aliphatic carboxylic acids is 1. The van der Waals surface area contributed by atoms with E-state index in [4.69, 9.17) is 5.11 Å². The summed E-state index contributed by atoms with van der Waals surface area (Å²) < 4.78 is 0. The smallest absolute Gasteiger partial charge is 0.320 e. The number of carbonyl (C=O) groups is 1. The van der Waals surface area contributed by atoms with E-state index in [9.17, 15) is 4.79 Å². The van der Waals surface area contributed by atoms with Crippen LogP contribution in [0.5, 0.6) is 0 Å². The van der Waals surface area contributed by atoms with Crippen molar-refractivity contribution in [3.05, 3.63) is 0 Å². The van der Waals surface area contributed by atoms with Crippen LogP contribution in [-0.4, -0.2) is 23.2 Å². The van der Waals surface area contributed by atoms with Crippen LogP contribution < -0.4 is 5.32 Å². The Hall–Kier alpha value is -0.570. The van der Waals surface area contributed by atoms with Gasteiger partial charge in [0.1, 0.15) is 6.04 Å². The van der Waals surface area contributed by atoms with Crippen molar-refractivity contribution in [2.24, 2.45) is 5.92 Å². The molecule has 64 valence electrons. The largest absolute Gasteiger partial charge is 0.480 e. The van der Waals surface area contributed by atoms with Crippen LogP contribution in [-0.2, 0) is 4.79 Å². The van der Waals surface area contributed by atoms with Gasteiger partial charge in [-0.1, -0.05) is 13.8 Å². The Morgan fingerprint density at radius 1 is 1.73 bits per heavy atom. The second kappa shape index (κ2) is 3.22. The van der Waals surface area contributed by atoms with E-state index in [0.717, 1.165) is 12.8 Å². The first kappa shape index (κ1) is 8.53. The summed E-state index contributed by atoms with van der Waals surface area (Å²) >= 11 is 0. The average molecular weight is 157 g/mol. The monoisotopic (exact) mass is 157 g/mol. The molecule has 1 saturated heterocycles. The number of carboxylic acids is 1. The van der Waals surface area contributed by atoms with Crippen molar-refractivity contribution in [3.8, 4) is 0 Å².